The fraction of sp³-hybridized carbons (Fsp3) is 0.312. The third kappa shape index (κ3) is 4.44. The van der Waals surface area contributed by atoms with Crippen molar-refractivity contribution in [1.29, 1.82) is 0 Å². The van der Waals surface area contributed by atoms with Crippen LogP contribution in [-0.4, -0.2) is 25.2 Å². The molecule has 2 N–H and O–H groups in total. The molecule has 0 bridgehead atoms. The van der Waals surface area contributed by atoms with Crippen molar-refractivity contribution in [3.05, 3.63) is 52.3 Å². The molecule has 0 amide bonds. The maximum Gasteiger partial charge on any atom is 0.175 e. The summed E-state index contributed by atoms with van der Waals surface area (Å²) in [6.45, 7) is 1.19. The van der Waals surface area contributed by atoms with Crippen LogP contribution in [0.2, 0.25) is 0 Å². The van der Waals surface area contributed by atoms with Crippen LogP contribution in [0.5, 0.6) is 11.5 Å². The fourth-order valence-corrected chi connectivity index (χ4v) is 2.65. The van der Waals surface area contributed by atoms with E-state index in [-0.39, 0.29) is 0 Å². The maximum atomic E-state index is 5.87. The highest BCUT2D eigenvalue weighted by Gasteiger charge is 2.11. The lowest BCUT2D eigenvalue weighted by atomic mass is 10.1. The molecule has 0 aliphatic rings. The molecule has 1 aromatic carbocycles. The number of methoxy groups -OCH3 is 1. The van der Waals surface area contributed by atoms with Gasteiger partial charge < -0.3 is 15.2 Å². The van der Waals surface area contributed by atoms with Crippen molar-refractivity contribution in [2.45, 2.75) is 12.8 Å². The number of rotatable bonds is 7. The largest absolute Gasteiger partial charge is 0.493 e. The summed E-state index contributed by atoms with van der Waals surface area (Å²) in [6.07, 6.45) is 5.20. The third-order valence-corrected chi connectivity index (χ3v) is 3.70. The average Bonchev–Trinajstić information content (AvgIpc) is 2.50. The van der Waals surface area contributed by atoms with Gasteiger partial charge in [-0.15, -0.1) is 0 Å². The molecule has 0 atom stereocenters. The molecular weight excluding hydrogens is 332 g/mol. The summed E-state index contributed by atoms with van der Waals surface area (Å²) in [5.74, 6) is 1.45. The van der Waals surface area contributed by atoms with Crippen molar-refractivity contribution < 1.29 is 9.47 Å². The number of hydrogen-bond acceptors (Lipinski definition) is 4. The van der Waals surface area contributed by atoms with E-state index in [2.05, 4.69) is 20.9 Å². The lowest BCUT2D eigenvalue weighted by Gasteiger charge is -2.14. The third-order valence-electron chi connectivity index (χ3n) is 3.11. The minimum absolute atomic E-state index is 0.579. The highest BCUT2D eigenvalue weighted by Crippen LogP contribution is 2.36. The minimum atomic E-state index is 0.579. The molecule has 0 saturated carbocycles. The average molecular weight is 351 g/mol. The molecule has 4 nitrogen and oxygen atoms in total. The SMILES string of the molecule is COc1cc(CCN)cc(Br)c1OCCc1ccncc1. The Hall–Kier alpha value is -1.59. The number of pyridine rings is 1. The number of nitrogens with two attached hydrogens (primary N) is 1. The fourth-order valence-electron chi connectivity index (χ4n) is 2.04. The van der Waals surface area contributed by atoms with E-state index < -0.39 is 0 Å². The van der Waals surface area contributed by atoms with Gasteiger partial charge >= 0.3 is 0 Å². The molecule has 0 aliphatic heterocycles. The highest BCUT2D eigenvalue weighted by atomic mass is 79.9. The first kappa shape index (κ1) is 15.8. The summed E-state index contributed by atoms with van der Waals surface area (Å²) in [4.78, 5) is 4.00. The lowest BCUT2D eigenvalue weighted by molar-refractivity contribution is 0.295. The van der Waals surface area contributed by atoms with E-state index in [0.717, 1.165) is 34.4 Å². The van der Waals surface area contributed by atoms with Gasteiger partial charge in [0.05, 0.1) is 18.2 Å². The summed E-state index contributed by atoms with van der Waals surface area (Å²) in [7, 11) is 1.64. The predicted octanol–water partition coefficient (Wildman–Crippen LogP) is 2.98. The van der Waals surface area contributed by atoms with E-state index in [1.165, 1.54) is 5.56 Å². The van der Waals surface area contributed by atoms with E-state index in [1.54, 1.807) is 19.5 Å². The molecule has 0 radical (unpaired) electrons. The molecule has 5 heteroatoms. The number of nitrogens with zero attached hydrogens (tertiary/aromatic N) is 1. The Morgan fingerprint density at radius 3 is 2.57 bits per heavy atom. The second kappa shape index (κ2) is 8.00. The highest BCUT2D eigenvalue weighted by molar-refractivity contribution is 9.10. The first-order chi connectivity index (χ1) is 10.2. The predicted molar refractivity (Wildman–Crippen MR) is 86.9 cm³/mol. The van der Waals surface area contributed by atoms with Gasteiger partial charge in [-0.1, -0.05) is 0 Å². The normalized spacial score (nSPS) is 10.4. The Morgan fingerprint density at radius 1 is 1.14 bits per heavy atom. The van der Waals surface area contributed by atoms with Crippen LogP contribution in [-0.2, 0) is 12.8 Å². The summed E-state index contributed by atoms with van der Waals surface area (Å²) in [5, 5.41) is 0. The van der Waals surface area contributed by atoms with Crippen LogP contribution >= 0.6 is 15.9 Å². The number of halogens is 1. The summed E-state index contributed by atoms with van der Waals surface area (Å²) in [5.41, 5.74) is 7.91. The van der Waals surface area contributed by atoms with Crippen molar-refractivity contribution >= 4 is 15.9 Å². The summed E-state index contributed by atoms with van der Waals surface area (Å²) >= 11 is 3.54. The van der Waals surface area contributed by atoms with E-state index in [9.17, 15) is 0 Å². The maximum absolute atomic E-state index is 5.87. The van der Waals surface area contributed by atoms with Gasteiger partial charge in [0.25, 0.3) is 0 Å². The summed E-state index contributed by atoms with van der Waals surface area (Å²) < 4.78 is 12.2. The van der Waals surface area contributed by atoms with Gasteiger partial charge in [-0.3, -0.25) is 4.98 Å². The minimum Gasteiger partial charge on any atom is -0.493 e. The Labute approximate surface area is 133 Å². The van der Waals surface area contributed by atoms with Crippen molar-refractivity contribution in [2.75, 3.05) is 20.3 Å². The molecule has 1 heterocycles. The molecule has 0 saturated heterocycles. The van der Waals surface area contributed by atoms with Crippen LogP contribution in [0.4, 0.5) is 0 Å². The molecule has 112 valence electrons. The standard InChI is InChI=1S/C16H19BrN2O2/c1-20-15-11-13(2-6-18)10-14(17)16(15)21-9-5-12-3-7-19-8-4-12/h3-4,7-8,10-11H,2,5-6,9,18H2,1H3. The first-order valence-electron chi connectivity index (χ1n) is 6.82. The van der Waals surface area contributed by atoms with Crippen LogP contribution in [0, 0.1) is 0 Å². The zero-order chi connectivity index (χ0) is 15.1. The van der Waals surface area contributed by atoms with Crippen molar-refractivity contribution in [3.8, 4) is 11.5 Å². The number of hydrogen-bond donors (Lipinski definition) is 1. The molecule has 0 aliphatic carbocycles. The molecule has 2 aromatic rings. The van der Waals surface area contributed by atoms with Gasteiger partial charge in [-0.05, 0) is 64.3 Å². The second-order valence-corrected chi connectivity index (χ2v) is 5.46. The lowest BCUT2D eigenvalue weighted by Crippen LogP contribution is -2.06. The molecule has 0 spiro atoms. The first-order valence-corrected chi connectivity index (χ1v) is 7.62. The van der Waals surface area contributed by atoms with Crippen LogP contribution < -0.4 is 15.2 Å². The number of ether oxygens (including phenoxy) is 2. The molecule has 0 fully saturated rings. The Kier molecular flexibility index (Phi) is 6.02. The zero-order valence-corrected chi connectivity index (χ0v) is 13.6. The van der Waals surface area contributed by atoms with Gasteiger partial charge in [-0.2, -0.15) is 0 Å². The molecule has 1 aromatic heterocycles. The topological polar surface area (TPSA) is 57.4 Å². The van der Waals surface area contributed by atoms with E-state index in [0.29, 0.717) is 13.2 Å². The van der Waals surface area contributed by atoms with Gasteiger partial charge in [-0.25, -0.2) is 0 Å². The molecular formula is C16H19BrN2O2. The van der Waals surface area contributed by atoms with Crippen molar-refractivity contribution in [3.63, 3.8) is 0 Å². The Bertz CT molecular complexity index is 576. The number of benzene rings is 1. The van der Waals surface area contributed by atoms with E-state index in [1.807, 2.05) is 24.3 Å². The molecule has 0 unspecified atom stereocenters. The van der Waals surface area contributed by atoms with E-state index in [4.69, 9.17) is 15.2 Å². The second-order valence-electron chi connectivity index (χ2n) is 4.60. The van der Waals surface area contributed by atoms with Crippen molar-refractivity contribution in [2.24, 2.45) is 5.73 Å². The van der Waals surface area contributed by atoms with Gasteiger partial charge in [0.2, 0.25) is 0 Å². The zero-order valence-electron chi connectivity index (χ0n) is 12.0. The Balaban J connectivity index is 2.05. The Morgan fingerprint density at radius 2 is 1.90 bits per heavy atom. The smallest absolute Gasteiger partial charge is 0.175 e. The van der Waals surface area contributed by atoms with Gasteiger partial charge in [0, 0.05) is 18.8 Å². The quantitative estimate of drug-likeness (QED) is 0.833. The van der Waals surface area contributed by atoms with Crippen molar-refractivity contribution in [1.82, 2.24) is 4.98 Å². The summed E-state index contributed by atoms with van der Waals surface area (Å²) in [6, 6.07) is 7.97. The van der Waals surface area contributed by atoms with Crippen LogP contribution in [0.25, 0.3) is 0 Å². The monoisotopic (exact) mass is 350 g/mol. The van der Waals surface area contributed by atoms with Crippen LogP contribution in [0.15, 0.2) is 41.1 Å². The van der Waals surface area contributed by atoms with E-state index >= 15 is 0 Å². The van der Waals surface area contributed by atoms with Crippen LogP contribution in [0.1, 0.15) is 11.1 Å². The molecule has 2 rings (SSSR count). The van der Waals surface area contributed by atoms with Gasteiger partial charge in [0.15, 0.2) is 11.5 Å². The molecule has 21 heavy (non-hydrogen) atoms. The number of aromatic nitrogens is 1. The van der Waals surface area contributed by atoms with Crippen LogP contribution in [0.3, 0.4) is 0 Å². The van der Waals surface area contributed by atoms with Gasteiger partial charge in [0.1, 0.15) is 0 Å².